The Morgan fingerprint density at radius 1 is 1.25 bits per heavy atom. The molecule has 1 aliphatic rings. The smallest absolute Gasteiger partial charge is 0.349 e. The van der Waals surface area contributed by atoms with Crippen LogP contribution in [0.1, 0.15) is 39.0 Å². The van der Waals surface area contributed by atoms with Gasteiger partial charge >= 0.3 is 5.97 Å². The van der Waals surface area contributed by atoms with Gasteiger partial charge in [-0.1, -0.05) is 30.3 Å². The molecule has 4 nitrogen and oxygen atoms in total. The first kappa shape index (κ1) is 16.7. The quantitative estimate of drug-likeness (QED) is 0.820. The number of fused-ring (bicyclic) bond motifs is 1. The normalized spacial score (nSPS) is 14.0. The van der Waals surface area contributed by atoms with Crippen LogP contribution in [0.25, 0.3) is 0 Å². The number of esters is 1. The standard InChI is InChI=1S/C19H21NO3S/c1-13(18(21)20-11-10-14-6-3-2-4-7-14)23-19(22)17-12-15-8-5-9-16(15)24-17/h2-4,6-7,12-13H,5,8-11H2,1H3,(H,20,21)/t13-/m0/s1. The van der Waals surface area contributed by atoms with Gasteiger partial charge in [0.15, 0.2) is 6.10 Å². The molecule has 0 saturated heterocycles. The number of hydrogen-bond acceptors (Lipinski definition) is 4. The van der Waals surface area contributed by atoms with Crippen LogP contribution in [0.4, 0.5) is 0 Å². The zero-order chi connectivity index (χ0) is 16.9. The number of carbonyl (C=O) groups is 2. The first-order valence-electron chi connectivity index (χ1n) is 8.27. The van der Waals surface area contributed by atoms with Crippen LogP contribution in [0.5, 0.6) is 0 Å². The molecular formula is C19H21NO3S. The summed E-state index contributed by atoms with van der Waals surface area (Å²) >= 11 is 1.49. The minimum Gasteiger partial charge on any atom is -0.448 e. The van der Waals surface area contributed by atoms with Gasteiger partial charge in [0.05, 0.1) is 0 Å². The summed E-state index contributed by atoms with van der Waals surface area (Å²) in [5.74, 6) is -0.663. The lowest BCUT2D eigenvalue weighted by atomic mass is 10.1. The highest BCUT2D eigenvalue weighted by atomic mass is 32.1. The van der Waals surface area contributed by atoms with Gasteiger partial charge in [-0.3, -0.25) is 4.79 Å². The van der Waals surface area contributed by atoms with Crippen molar-refractivity contribution in [2.75, 3.05) is 6.54 Å². The van der Waals surface area contributed by atoms with E-state index in [1.165, 1.54) is 21.8 Å². The third kappa shape index (κ3) is 4.03. The van der Waals surface area contributed by atoms with E-state index >= 15 is 0 Å². The molecule has 0 bridgehead atoms. The van der Waals surface area contributed by atoms with Gasteiger partial charge in [-0.05, 0) is 49.8 Å². The molecule has 1 N–H and O–H groups in total. The number of rotatable bonds is 6. The van der Waals surface area contributed by atoms with E-state index < -0.39 is 12.1 Å². The Kier molecular flexibility index (Phi) is 5.30. The maximum Gasteiger partial charge on any atom is 0.349 e. The Hall–Kier alpha value is -2.14. The second-order valence-corrected chi connectivity index (χ2v) is 7.12. The van der Waals surface area contributed by atoms with Gasteiger partial charge in [0.1, 0.15) is 4.88 Å². The highest BCUT2D eigenvalue weighted by Gasteiger charge is 2.23. The van der Waals surface area contributed by atoms with Crippen molar-refractivity contribution in [2.24, 2.45) is 0 Å². The molecule has 1 amide bonds. The van der Waals surface area contributed by atoms with E-state index in [-0.39, 0.29) is 5.91 Å². The van der Waals surface area contributed by atoms with Crippen LogP contribution in [0.3, 0.4) is 0 Å². The van der Waals surface area contributed by atoms with Crippen LogP contribution in [0.2, 0.25) is 0 Å². The molecule has 0 spiro atoms. The molecule has 0 saturated carbocycles. The number of nitrogens with one attached hydrogen (secondary N) is 1. The second kappa shape index (κ2) is 7.62. The van der Waals surface area contributed by atoms with E-state index in [1.54, 1.807) is 6.92 Å². The minimum absolute atomic E-state index is 0.261. The first-order chi connectivity index (χ1) is 11.6. The third-order valence-electron chi connectivity index (χ3n) is 4.16. The van der Waals surface area contributed by atoms with Crippen LogP contribution in [-0.2, 0) is 28.8 Å². The largest absolute Gasteiger partial charge is 0.448 e. The lowest BCUT2D eigenvalue weighted by Gasteiger charge is -2.13. The van der Waals surface area contributed by atoms with Crippen LogP contribution < -0.4 is 5.32 Å². The van der Waals surface area contributed by atoms with Crippen molar-refractivity contribution in [3.05, 3.63) is 57.3 Å². The molecule has 1 atom stereocenters. The average molecular weight is 343 g/mol. The van der Waals surface area contributed by atoms with Crippen molar-refractivity contribution < 1.29 is 14.3 Å². The summed E-state index contributed by atoms with van der Waals surface area (Å²) in [5, 5.41) is 2.81. The number of benzene rings is 1. The van der Waals surface area contributed by atoms with Crippen molar-refractivity contribution in [3.63, 3.8) is 0 Å². The molecule has 1 aromatic carbocycles. The van der Waals surface area contributed by atoms with Crippen molar-refractivity contribution in [1.82, 2.24) is 5.32 Å². The van der Waals surface area contributed by atoms with Gasteiger partial charge in [0.25, 0.3) is 5.91 Å². The van der Waals surface area contributed by atoms with Crippen molar-refractivity contribution in [2.45, 2.75) is 38.7 Å². The predicted molar refractivity (Wildman–Crippen MR) is 94.4 cm³/mol. The monoisotopic (exact) mass is 343 g/mol. The van der Waals surface area contributed by atoms with E-state index in [1.807, 2.05) is 36.4 Å². The molecule has 0 radical (unpaired) electrons. The van der Waals surface area contributed by atoms with Gasteiger partial charge in [0, 0.05) is 11.4 Å². The highest BCUT2D eigenvalue weighted by Crippen LogP contribution is 2.31. The molecule has 0 fully saturated rings. The van der Waals surface area contributed by atoms with Crippen LogP contribution >= 0.6 is 11.3 Å². The maximum absolute atomic E-state index is 12.2. The SMILES string of the molecule is C[C@H](OC(=O)c1cc2c(s1)CCC2)C(=O)NCCc1ccccc1. The predicted octanol–water partition coefficient (Wildman–Crippen LogP) is 3.14. The van der Waals surface area contributed by atoms with E-state index in [0.717, 1.165) is 31.2 Å². The Morgan fingerprint density at radius 2 is 2.04 bits per heavy atom. The summed E-state index contributed by atoms with van der Waals surface area (Å²) in [6.07, 6.45) is 3.21. The molecule has 1 aromatic heterocycles. The molecule has 126 valence electrons. The van der Waals surface area contributed by atoms with Crippen molar-refractivity contribution in [3.8, 4) is 0 Å². The van der Waals surface area contributed by atoms with E-state index in [4.69, 9.17) is 4.74 Å². The van der Waals surface area contributed by atoms with Gasteiger partial charge in [-0.2, -0.15) is 0 Å². The summed E-state index contributed by atoms with van der Waals surface area (Å²) in [6.45, 7) is 2.13. The lowest BCUT2D eigenvalue weighted by molar-refractivity contribution is -0.129. The summed E-state index contributed by atoms with van der Waals surface area (Å²) in [5.41, 5.74) is 2.42. The van der Waals surface area contributed by atoms with Gasteiger partial charge in [0.2, 0.25) is 0 Å². The topological polar surface area (TPSA) is 55.4 Å². The second-order valence-electron chi connectivity index (χ2n) is 5.99. The van der Waals surface area contributed by atoms with Gasteiger partial charge in [-0.15, -0.1) is 11.3 Å². The molecule has 5 heteroatoms. The third-order valence-corrected chi connectivity index (χ3v) is 5.37. The van der Waals surface area contributed by atoms with Crippen molar-refractivity contribution in [1.29, 1.82) is 0 Å². The molecule has 1 aliphatic carbocycles. The minimum atomic E-state index is -0.787. The number of thiophene rings is 1. The van der Waals surface area contributed by atoms with Crippen LogP contribution in [0.15, 0.2) is 36.4 Å². The Balaban J connectivity index is 1.45. The number of hydrogen-bond donors (Lipinski definition) is 1. The number of aryl methyl sites for hydroxylation is 2. The number of carbonyl (C=O) groups excluding carboxylic acids is 2. The fourth-order valence-electron chi connectivity index (χ4n) is 2.82. The molecular weight excluding hydrogens is 322 g/mol. The summed E-state index contributed by atoms with van der Waals surface area (Å²) in [4.78, 5) is 26.1. The average Bonchev–Trinajstić information content (AvgIpc) is 3.17. The Morgan fingerprint density at radius 3 is 2.79 bits per heavy atom. The fourth-order valence-corrected chi connectivity index (χ4v) is 3.96. The highest BCUT2D eigenvalue weighted by molar-refractivity contribution is 7.14. The summed E-state index contributed by atoms with van der Waals surface area (Å²) in [6, 6.07) is 11.9. The zero-order valence-corrected chi connectivity index (χ0v) is 14.5. The van der Waals surface area contributed by atoms with E-state index in [2.05, 4.69) is 5.32 Å². The van der Waals surface area contributed by atoms with Crippen LogP contribution in [0, 0.1) is 0 Å². The van der Waals surface area contributed by atoms with E-state index in [0.29, 0.717) is 11.4 Å². The Labute approximate surface area is 145 Å². The molecule has 0 aliphatic heterocycles. The first-order valence-corrected chi connectivity index (χ1v) is 9.09. The fraction of sp³-hybridized carbons (Fsp3) is 0.368. The zero-order valence-electron chi connectivity index (χ0n) is 13.7. The van der Waals surface area contributed by atoms with Crippen molar-refractivity contribution >= 4 is 23.2 Å². The lowest BCUT2D eigenvalue weighted by Crippen LogP contribution is -2.36. The molecule has 1 heterocycles. The molecule has 2 aromatic rings. The number of ether oxygens (including phenoxy) is 1. The molecule has 24 heavy (non-hydrogen) atoms. The summed E-state index contributed by atoms with van der Waals surface area (Å²) in [7, 11) is 0. The van der Waals surface area contributed by atoms with Crippen LogP contribution in [-0.4, -0.2) is 24.5 Å². The maximum atomic E-state index is 12.2. The molecule has 0 unspecified atom stereocenters. The Bertz CT molecular complexity index is 702. The van der Waals surface area contributed by atoms with Gasteiger partial charge in [-0.25, -0.2) is 4.79 Å². The number of amides is 1. The van der Waals surface area contributed by atoms with E-state index in [9.17, 15) is 9.59 Å². The summed E-state index contributed by atoms with van der Waals surface area (Å²) < 4.78 is 5.30. The van der Waals surface area contributed by atoms with Gasteiger partial charge < -0.3 is 10.1 Å². The molecule has 3 rings (SSSR count).